The average Bonchev–Trinajstić information content (AvgIpc) is 2.68. The Bertz CT molecular complexity index is 912. The number of carbonyl (C=O) groups is 2. The first kappa shape index (κ1) is 21.4. The first-order chi connectivity index (χ1) is 13.3. The van der Waals surface area contributed by atoms with Crippen molar-refractivity contribution in [2.75, 3.05) is 20.3 Å². The van der Waals surface area contributed by atoms with Crippen molar-refractivity contribution in [3.8, 4) is 11.5 Å². The summed E-state index contributed by atoms with van der Waals surface area (Å²) in [6.07, 6.45) is 2.47. The molecule has 0 spiro atoms. The molecule has 0 N–H and O–H groups in total. The van der Waals surface area contributed by atoms with Crippen LogP contribution in [0.3, 0.4) is 0 Å². The van der Waals surface area contributed by atoms with E-state index < -0.39 is 35.6 Å². The number of ether oxygens (including phenoxy) is 3. The van der Waals surface area contributed by atoms with Crippen LogP contribution in [0.2, 0.25) is 5.02 Å². The number of methoxy groups -OCH3 is 1. The number of ketones is 1. The number of halogens is 3. The van der Waals surface area contributed by atoms with Crippen molar-refractivity contribution in [1.82, 2.24) is 0 Å². The van der Waals surface area contributed by atoms with Gasteiger partial charge in [-0.05, 0) is 48.9 Å². The molecule has 0 atom stereocenters. The summed E-state index contributed by atoms with van der Waals surface area (Å²) in [6.45, 7) is 1.48. The molecule has 0 aliphatic carbocycles. The Balaban J connectivity index is 2.03. The Labute approximate surface area is 165 Å². The van der Waals surface area contributed by atoms with E-state index in [-0.39, 0.29) is 0 Å². The number of esters is 1. The Morgan fingerprint density at radius 1 is 1.18 bits per heavy atom. The first-order valence-electron chi connectivity index (χ1n) is 8.19. The zero-order chi connectivity index (χ0) is 20.7. The fourth-order valence-corrected chi connectivity index (χ4v) is 2.53. The molecule has 0 radical (unpaired) electrons. The monoisotopic (exact) mass is 410 g/mol. The largest absolute Gasteiger partial charge is 0.493 e. The summed E-state index contributed by atoms with van der Waals surface area (Å²) in [6, 6.07) is 5.63. The van der Waals surface area contributed by atoms with E-state index in [9.17, 15) is 18.4 Å². The average molecular weight is 411 g/mol. The minimum Gasteiger partial charge on any atom is -0.493 e. The summed E-state index contributed by atoms with van der Waals surface area (Å²) in [7, 11) is 1.45. The van der Waals surface area contributed by atoms with Crippen LogP contribution in [0.4, 0.5) is 8.78 Å². The molecule has 2 rings (SSSR count). The maximum atomic E-state index is 13.5. The number of carbonyl (C=O) groups excluding carboxylic acids is 2. The Morgan fingerprint density at radius 2 is 1.93 bits per heavy atom. The Hall–Kier alpha value is -2.93. The van der Waals surface area contributed by atoms with E-state index in [1.54, 1.807) is 19.1 Å². The standard InChI is InChI=1S/C20H17ClF2O5/c1-3-27-20-15(21)8-12(9-18(20)26-2)4-7-19(25)28-11-17(24)14-10-13(22)5-6-16(14)23/h4-10H,3,11H2,1-2H3/b7-4+. The quantitative estimate of drug-likeness (QED) is 0.365. The molecule has 2 aromatic rings. The lowest BCUT2D eigenvalue weighted by Gasteiger charge is -2.11. The highest BCUT2D eigenvalue weighted by Crippen LogP contribution is 2.36. The van der Waals surface area contributed by atoms with Crippen LogP contribution >= 0.6 is 11.6 Å². The lowest BCUT2D eigenvalue weighted by Crippen LogP contribution is -2.14. The van der Waals surface area contributed by atoms with Gasteiger partial charge in [-0.2, -0.15) is 0 Å². The smallest absolute Gasteiger partial charge is 0.331 e. The summed E-state index contributed by atoms with van der Waals surface area (Å²) < 4.78 is 42.0. The lowest BCUT2D eigenvalue weighted by atomic mass is 10.1. The van der Waals surface area contributed by atoms with E-state index in [1.807, 2.05) is 0 Å². The number of hydrogen-bond donors (Lipinski definition) is 0. The zero-order valence-electron chi connectivity index (χ0n) is 15.1. The van der Waals surface area contributed by atoms with Gasteiger partial charge in [-0.1, -0.05) is 11.6 Å². The molecule has 5 nitrogen and oxygen atoms in total. The molecule has 0 aliphatic heterocycles. The van der Waals surface area contributed by atoms with Crippen molar-refractivity contribution in [2.24, 2.45) is 0 Å². The fraction of sp³-hybridized carbons (Fsp3) is 0.200. The molecule has 148 valence electrons. The van der Waals surface area contributed by atoms with Crippen LogP contribution in [-0.2, 0) is 9.53 Å². The maximum absolute atomic E-state index is 13.5. The molecule has 0 bridgehead atoms. The van der Waals surface area contributed by atoms with Gasteiger partial charge in [-0.3, -0.25) is 4.79 Å². The van der Waals surface area contributed by atoms with E-state index in [2.05, 4.69) is 0 Å². The minimum atomic E-state index is -0.894. The number of Topliss-reactive ketones (excluding diaryl/α,β-unsaturated/α-hetero) is 1. The molecule has 0 saturated heterocycles. The van der Waals surface area contributed by atoms with Crippen molar-refractivity contribution in [1.29, 1.82) is 0 Å². The van der Waals surface area contributed by atoms with Crippen molar-refractivity contribution in [3.05, 3.63) is 64.2 Å². The molecule has 0 saturated carbocycles. The number of hydrogen-bond acceptors (Lipinski definition) is 5. The van der Waals surface area contributed by atoms with Gasteiger partial charge in [0.1, 0.15) is 11.6 Å². The molecular formula is C20H17ClF2O5. The van der Waals surface area contributed by atoms with Gasteiger partial charge in [0.15, 0.2) is 18.1 Å². The van der Waals surface area contributed by atoms with Gasteiger partial charge in [0, 0.05) is 6.08 Å². The fourth-order valence-electron chi connectivity index (χ4n) is 2.26. The second-order valence-electron chi connectivity index (χ2n) is 5.46. The van der Waals surface area contributed by atoms with E-state index in [0.717, 1.165) is 24.3 Å². The SMILES string of the molecule is CCOc1c(Cl)cc(/C=C/C(=O)OCC(=O)c2cc(F)ccc2F)cc1OC. The van der Waals surface area contributed by atoms with Gasteiger partial charge >= 0.3 is 5.97 Å². The number of rotatable bonds is 8. The van der Waals surface area contributed by atoms with Crippen LogP contribution in [0, 0.1) is 11.6 Å². The third kappa shape index (κ3) is 5.53. The minimum absolute atomic E-state index is 0.297. The van der Waals surface area contributed by atoms with Gasteiger partial charge in [0.25, 0.3) is 0 Å². The predicted octanol–water partition coefficient (Wildman–Crippen LogP) is 4.46. The molecule has 0 amide bonds. The molecule has 0 heterocycles. The van der Waals surface area contributed by atoms with Crippen molar-refractivity contribution >= 4 is 29.4 Å². The van der Waals surface area contributed by atoms with Crippen LogP contribution in [0.5, 0.6) is 11.5 Å². The highest BCUT2D eigenvalue weighted by atomic mass is 35.5. The van der Waals surface area contributed by atoms with Crippen LogP contribution in [0.25, 0.3) is 6.08 Å². The van der Waals surface area contributed by atoms with Crippen molar-refractivity contribution < 1.29 is 32.6 Å². The normalized spacial score (nSPS) is 10.8. The molecule has 0 fully saturated rings. The Kier molecular flexibility index (Phi) is 7.52. The van der Waals surface area contributed by atoms with E-state index in [4.69, 9.17) is 25.8 Å². The van der Waals surface area contributed by atoms with Gasteiger partial charge < -0.3 is 14.2 Å². The third-order valence-corrected chi connectivity index (χ3v) is 3.81. The van der Waals surface area contributed by atoms with Crippen LogP contribution < -0.4 is 9.47 Å². The molecule has 8 heteroatoms. The highest BCUT2D eigenvalue weighted by molar-refractivity contribution is 6.32. The molecular weight excluding hydrogens is 394 g/mol. The zero-order valence-corrected chi connectivity index (χ0v) is 15.9. The van der Waals surface area contributed by atoms with Gasteiger partial charge in [-0.15, -0.1) is 0 Å². The van der Waals surface area contributed by atoms with E-state index in [0.29, 0.717) is 28.7 Å². The maximum Gasteiger partial charge on any atom is 0.331 e. The molecule has 0 aliphatic rings. The summed E-state index contributed by atoms with van der Waals surface area (Å²) >= 11 is 6.14. The predicted molar refractivity (Wildman–Crippen MR) is 99.9 cm³/mol. The van der Waals surface area contributed by atoms with E-state index >= 15 is 0 Å². The molecule has 2 aromatic carbocycles. The molecule has 0 unspecified atom stereocenters. The van der Waals surface area contributed by atoms with Crippen molar-refractivity contribution in [3.63, 3.8) is 0 Å². The van der Waals surface area contributed by atoms with Gasteiger partial charge in [0.05, 0.1) is 24.3 Å². The first-order valence-corrected chi connectivity index (χ1v) is 8.57. The Morgan fingerprint density at radius 3 is 2.61 bits per heavy atom. The summed E-state index contributed by atoms with van der Waals surface area (Å²) in [5.74, 6) is -2.58. The second kappa shape index (κ2) is 9.85. The number of benzene rings is 2. The lowest BCUT2D eigenvalue weighted by molar-refractivity contribution is -0.136. The van der Waals surface area contributed by atoms with Crippen molar-refractivity contribution in [2.45, 2.75) is 6.92 Å². The summed E-state index contributed by atoms with van der Waals surface area (Å²) in [5, 5.41) is 0.297. The highest BCUT2D eigenvalue weighted by Gasteiger charge is 2.15. The summed E-state index contributed by atoms with van der Waals surface area (Å²) in [5.41, 5.74) is 0.0459. The molecule has 0 aromatic heterocycles. The summed E-state index contributed by atoms with van der Waals surface area (Å²) in [4.78, 5) is 23.7. The second-order valence-corrected chi connectivity index (χ2v) is 5.86. The van der Waals surface area contributed by atoms with Crippen LogP contribution in [0.15, 0.2) is 36.4 Å². The van der Waals surface area contributed by atoms with Crippen LogP contribution in [0.1, 0.15) is 22.8 Å². The third-order valence-electron chi connectivity index (χ3n) is 3.53. The van der Waals surface area contributed by atoms with Gasteiger partial charge in [-0.25, -0.2) is 13.6 Å². The topological polar surface area (TPSA) is 61.8 Å². The molecule has 28 heavy (non-hydrogen) atoms. The van der Waals surface area contributed by atoms with Crippen LogP contribution in [-0.4, -0.2) is 32.1 Å². The van der Waals surface area contributed by atoms with Gasteiger partial charge in [0.2, 0.25) is 5.78 Å². The van der Waals surface area contributed by atoms with E-state index in [1.165, 1.54) is 13.2 Å².